The highest BCUT2D eigenvalue weighted by Gasteiger charge is 2.05. The summed E-state index contributed by atoms with van der Waals surface area (Å²) in [5.41, 5.74) is 2.07. The van der Waals surface area contributed by atoms with E-state index in [1.165, 1.54) is 4.68 Å². The van der Waals surface area contributed by atoms with Gasteiger partial charge in [-0.15, -0.1) is 0 Å². The number of hydrogen-bond donors (Lipinski definition) is 0. The quantitative estimate of drug-likeness (QED) is 0.642. The molecule has 0 atom stereocenters. The Morgan fingerprint density at radius 3 is 2.46 bits per heavy atom. The summed E-state index contributed by atoms with van der Waals surface area (Å²) >= 11 is 0. The van der Waals surface area contributed by atoms with E-state index in [1.807, 2.05) is 73.6 Å². The third-order valence-corrected chi connectivity index (χ3v) is 4.22. The molecular weight excluding hydrogens is 326 g/mol. The fourth-order valence-corrected chi connectivity index (χ4v) is 2.67. The van der Waals surface area contributed by atoms with Crippen molar-refractivity contribution in [2.75, 3.05) is 27.7 Å². The third kappa shape index (κ3) is 4.18. The van der Waals surface area contributed by atoms with Crippen LogP contribution in [0.4, 0.5) is 0 Å². The summed E-state index contributed by atoms with van der Waals surface area (Å²) in [5, 5.41) is 5.85. The predicted molar refractivity (Wildman–Crippen MR) is 106 cm³/mol. The number of ether oxygens (including phenoxy) is 1. The lowest BCUT2D eigenvalue weighted by atomic mass is 10.1. The van der Waals surface area contributed by atoms with Crippen LogP contribution in [0, 0.1) is 0 Å². The minimum atomic E-state index is -0.0463. The van der Waals surface area contributed by atoms with Crippen LogP contribution in [0.3, 0.4) is 0 Å². The van der Waals surface area contributed by atoms with Gasteiger partial charge in [0.2, 0.25) is 0 Å². The summed E-state index contributed by atoms with van der Waals surface area (Å²) in [5.74, 6) is 0.837. The van der Waals surface area contributed by atoms with Crippen LogP contribution in [-0.4, -0.2) is 42.4 Å². The lowest BCUT2D eigenvalue weighted by Crippen LogP contribution is -2.28. The first-order valence-corrected chi connectivity index (χ1v) is 8.53. The first-order chi connectivity index (χ1) is 12.6. The molecule has 0 aliphatic carbocycles. The molecule has 0 bridgehead atoms. The second-order valence-electron chi connectivity index (χ2n) is 6.43. The van der Waals surface area contributed by atoms with Crippen LogP contribution in [0.1, 0.15) is 11.1 Å². The van der Waals surface area contributed by atoms with Crippen LogP contribution in [0.5, 0.6) is 5.75 Å². The monoisotopic (exact) mass is 349 g/mol. The normalized spacial score (nSPS) is 11.5. The Balaban J connectivity index is 1.83. The molecular formula is C21H23N3O2. The molecule has 5 heteroatoms. The standard InChI is InChI=1S/C21H23N3O2/c1-23(2)12-13-24-21(25)20-11-8-17(14-18(20)15-22-24)5-4-16-6-9-19(26-3)10-7-16/h4-11,14-15H,12-13H2,1-3H3/b5-4+. The van der Waals surface area contributed by atoms with Crippen LogP contribution >= 0.6 is 0 Å². The smallest absolute Gasteiger partial charge is 0.274 e. The predicted octanol–water partition coefficient (Wildman–Crippen LogP) is 3.14. The van der Waals surface area contributed by atoms with Gasteiger partial charge in [-0.05, 0) is 49.5 Å². The molecule has 3 rings (SSSR count). The van der Waals surface area contributed by atoms with E-state index in [1.54, 1.807) is 13.3 Å². The Morgan fingerprint density at radius 1 is 1.08 bits per heavy atom. The van der Waals surface area contributed by atoms with Crippen molar-refractivity contribution < 1.29 is 4.74 Å². The summed E-state index contributed by atoms with van der Waals surface area (Å²) in [7, 11) is 5.61. The van der Waals surface area contributed by atoms with E-state index in [2.05, 4.69) is 5.10 Å². The zero-order valence-electron chi connectivity index (χ0n) is 15.3. The summed E-state index contributed by atoms with van der Waals surface area (Å²) < 4.78 is 6.69. The van der Waals surface area contributed by atoms with E-state index >= 15 is 0 Å². The minimum Gasteiger partial charge on any atom is -0.497 e. The Kier molecular flexibility index (Phi) is 5.49. The number of fused-ring (bicyclic) bond motifs is 1. The molecule has 0 N–H and O–H groups in total. The Bertz CT molecular complexity index is 973. The molecule has 1 heterocycles. The highest BCUT2D eigenvalue weighted by atomic mass is 16.5. The Labute approximate surface area is 153 Å². The van der Waals surface area contributed by atoms with Gasteiger partial charge in [-0.3, -0.25) is 4.79 Å². The van der Waals surface area contributed by atoms with Gasteiger partial charge in [-0.25, -0.2) is 4.68 Å². The summed E-state index contributed by atoms with van der Waals surface area (Å²) in [6, 6.07) is 13.7. The Hall–Kier alpha value is -2.92. The van der Waals surface area contributed by atoms with Crippen LogP contribution in [0.15, 0.2) is 53.5 Å². The lowest BCUT2D eigenvalue weighted by molar-refractivity contribution is 0.368. The molecule has 0 saturated carbocycles. The van der Waals surface area contributed by atoms with Crippen molar-refractivity contribution in [1.29, 1.82) is 0 Å². The average molecular weight is 349 g/mol. The van der Waals surface area contributed by atoms with Gasteiger partial charge in [0.1, 0.15) is 5.75 Å². The van der Waals surface area contributed by atoms with Crippen molar-refractivity contribution in [1.82, 2.24) is 14.7 Å². The molecule has 3 aromatic rings. The molecule has 1 aromatic heterocycles. The summed E-state index contributed by atoms with van der Waals surface area (Å²) in [4.78, 5) is 14.6. The van der Waals surface area contributed by atoms with Gasteiger partial charge in [0.25, 0.3) is 5.56 Å². The fourth-order valence-electron chi connectivity index (χ4n) is 2.67. The van der Waals surface area contributed by atoms with E-state index < -0.39 is 0 Å². The Morgan fingerprint density at radius 2 is 1.77 bits per heavy atom. The number of likely N-dealkylation sites (N-methyl/N-ethyl adjacent to an activating group) is 1. The molecule has 0 spiro atoms. The van der Waals surface area contributed by atoms with Gasteiger partial charge in [-0.1, -0.05) is 30.4 Å². The first-order valence-electron chi connectivity index (χ1n) is 8.53. The van der Waals surface area contributed by atoms with Crippen LogP contribution < -0.4 is 10.3 Å². The van der Waals surface area contributed by atoms with E-state index in [4.69, 9.17) is 4.74 Å². The highest BCUT2D eigenvalue weighted by Crippen LogP contribution is 2.16. The van der Waals surface area contributed by atoms with Crippen LogP contribution in [0.2, 0.25) is 0 Å². The zero-order valence-corrected chi connectivity index (χ0v) is 15.3. The molecule has 134 valence electrons. The zero-order chi connectivity index (χ0) is 18.5. The second-order valence-corrected chi connectivity index (χ2v) is 6.43. The fraction of sp³-hybridized carbons (Fsp3) is 0.238. The van der Waals surface area contributed by atoms with Crippen molar-refractivity contribution in [3.63, 3.8) is 0 Å². The topological polar surface area (TPSA) is 47.4 Å². The van der Waals surface area contributed by atoms with Crippen LogP contribution in [-0.2, 0) is 6.54 Å². The number of rotatable bonds is 6. The van der Waals surface area contributed by atoms with Crippen molar-refractivity contribution in [2.45, 2.75) is 6.54 Å². The van der Waals surface area contributed by atoms with E-state index in [-0.39, 0.29) is 5.56 Å². The molecule has 0 amide bonds. The molecule has 2 aromatic carbocycles. The molecule has 0 radical (unpaired) electrons. The van der Waals surface area contributed by atoms with E-state index in [0.29, 0.717) is 11.9 Å². The van der Waals surface area contributed by atoms with Gasteiger partial charge in [-0.2, -0.15) is 5.10 Å². The lowest BCUT2D eigenvalue weighted by Gasteiger charge is -2.10. The summed E-state index contributed by atoms with van der Waals surface area (Å²) in [6.45, 7) is 1.36. The minimum absolute atomic E-state index is 0.0463. The van der Waals surface area contributed by atoms with Gasteiger partial charge in [0.15, 0.2) is 0 Å². The maximum absolute atomic E-state index is 12.5. The molecule has 0 aliphatic rings. The van der Waals surface area contributed by atoms with Gasteiger partial charge >= 0.3 is 0 Å². The van der Waals surface area contributed by atoms with Gasteiger partial charge < -0.3 is 9.64 Å². The van der Waals surface area contributed by atoms with Crippen molar-refractivity contribution in [2.24, 2.45) is 0 Å². The van der Waals surface area contributed by atoms with Crippen LogP contribution in [0.25, 0.3) is 22.9 Å². The average Bonchev–Trinajstić information content (AvgIpc) is 2.66. The molecule has 5 nitrogen and oxygen atoms in total. The van der Waals surface area contributed by atoms with Gasteiger partial charge in [0.05, 0.1) is 25.2 Å². The number of nitrogens with zero attached hydrogens (tertiary/aromatic N) is 3. The van der Waals surface area contributed by atoms with E-state index in [9.17, 15) is 4.79 Å². The van der Waals surface area contributed by atoms with E-state index in [0.717, 1.165) is 28.8 Å². The van der Waals surface area contributed by atoms with Crippen molar-refractivity contribution in [3.05, 3.63) is 70.1 Å². The number of hydrogen-bond acceptors (Lipinski definition) is 4. The first kappa shape index (κ1) is 17.9. The highest BCUT2D eigenvalue weighted by molar-refractivity contribution is 5.84. The maximum atomic E-state index is 12.5. The largest absolute Gasteiger partial charge is 0.497 e. The molecule has 0 aliphatic heterocycles. The van der Waals surface area contributed by atoms with Crippen molar-refractivity contribution in [3.8, 4) is 5.75 Å². The molecule has 0 unspecified atom stereocenters. The van der Waals surface area contributed by atoms with Gasteiger partial charge in [0, 0.05) is 11.9 Å². The number of methoxy groups -OCH3 is 1. The summed E-state index contributed by atoms with van der Waals surface area (Å²) in [6.07, 6.45) is 5.82. The molecule has 0 fully saturated rings. The SMILES string of the molecule is COc1ccc(/C=C/c2ccc3c(=O)n(CCN(C)C)ncc3c2)cc1. The maximum Gasteiger partial charge on any atom is 0.274 e. The molecule has 26 heavy (non-hydrogen) atoms. The number of benzene rings is 2. The van der Waals surface area contributed by atoms with Crippen molar-refractivity contribution >= 4 is 22.9 Å². The second kappa shape index (κ2) is 7.97. The third-order valence-electron chi connectivity index (χ3n) is 4.22. The molecule has 0 saturated heterocycles. The number of aromatic nitrogens is 2.